The molecule has 0 heterocycles. The molecule has 2 amide bonds. The van der Waals surface area contributed by atoms with Crippen molar-refractivity contribution in [1.29, 1.82) is 0 Å². The molecule has 0 aliphatic heterocycles. The molecule has 6 heteroatoms. The molecule has 1 aromatic rings. The highest BCUT2D eigenvalue weighted by Crippen LogP contribution is 2.27. The van der Waals surface area contributed by atoms with Crippen LogP contribution in [0.2, 0.25) is 0 Å². The topological polar surface area (TPSA) is 76.7 Å². The van der Waals surface area contributed by atoms with E-state index in [1.54, 1.807) is 32.0 Å². The van der Waals surface area contributed by atoms with E-state index < -0.39 is 5.91 Å². The summed E-state index contributed by atoms with van der Waals surface area (Å²) in [7, 11) is 1.50. The fraction of sp³-hybridized carbons (Fsp3) is 0.333. The fourth-order valence-corrected chi connectivity index (χ4v) is 1.57. The van der Waals surface area contributed by atoms with Gasteiger partial charge in [0.05, 0.1) is 13.7 Å². The van der Waals surface area contributed by atoms with Gasteiger partial charge in [-0.05, 0) is 39.0 Å². The lowest BCUT2D eigenvalue weighted by Crippen LogP contribution is -2.40. The number of hydrazine groups is 1. The van der Waals surface area contributed by atoms with Crippen LogP contribution in [0.1, 0.15) is 31.1 Å². The molecular formula is C15H20N2O4. The maximum atomic E-state index is 11.9. The molecule has 114 valence electrons. The Labute approximate surface area is 124 Å². The van der Waals surface area contributed by atoms with Crippen molar-refractivity contribution in [3.63, 3.8) is 0 Å². The average Bonchev–Trinajstić information content (AvgIpc) is 2.44. The number of methoxy groups -OCH3 is 1. The molecule has 0 bridgehead atoms. The number of carbonyl (C=O) groups excluding carboxylic acids is 2. The average molecular weight is 292 g/mol. The summed E-state index contributed by atoms with van der Waals surface area (Å²) in [5.41, 5.74) is 5.82. The summed E-state index contributed by atoms with van der Waals surface area (Å²) in [5.74, 6) is 0.193. The van der Waals surface area contributed by atoms with Gasteiger partial charge < -0.3 is 9.47 Å². The number of ether oxygens (including phenoxy) is 2. The molecule has 6 nitrogen and oxygen atoms in total. The zero-order chi connectivity index (χ0) is 15.8. The van der Waals surface area contributed by atoms with E-state index in [2.05, 4.69) is 10.9 Å². The molecule has 2 N–H and O–H groups in total. The van der Waals surface area contributed by atoms with Crippen LogP contribution < -0.4 is 20.3 Å². The van der Waals surface area contributed by atoms with E-state index in [9.17, 15) is 9.59 Å². The van der Waals surface area contributed by atoms with Crippen molar-refractivity contribution in [1.82, 2.24) is 10.9 Å². The van der Waals surface area contributed by atoms with Crippen LogP contribution in [0.4, 0.5) is 0 Å². The van der Waals surface area contributed by atoms with Gasteiger partial charge in [-0.3, -0.25) is 20.4 Å². The van der Waals surface area contributed by atoms with Gasteiger partial charge in [0.1, 0.15) is 0 Å². The molecule has 0 atom stereocenters. The number of allylic oxidation sites excluding steroid dienone is 1. The van der Waals surface area contributed by atoms with Crippen molar-refractivity contribution in [3.05, 3.63) is 35.4 Å². The zero-order valence-electron chi connectivity index (χ0n) is 12.6. The molecule has 0 spiro atoms. The highest BCUT2D eigenvalue weighted by atomic mass is 16.5. The molecule has 0 aliphatic carbocycles. The van der Waals surface area contributed by atoms with E-state index in [-0.39, 0.29) is 5.91 Å². The summed E-state index contributed by atoms with van der Waals surface area (Å²) >= 11 is 0. The Hall–Kier alpha value is -2.50. The molecule has 0 saturated heterocycles. The number of benzene rings is 1. The standard InChI is InChI=1S/C15H20N2O4/c1-5-21-12-7-6-11(9-13(12)20-4)15(19)17-16-14(18)8-10(2)3/h6-9H,5H2,1-4H3,(H,16,18)(H,17,19). The van der Waals surface area contributed by atoms with Crippen LogP contribution in [0, 0.1) is 0 Å². The largest absolute Gasteiger partial charge is 0.493 e. The van der Waals surface area contributed by atoms with Gasteiger partial charge >= 0.3 is 0 Å². The molecular weight excluding hydrogens is 272 g/mol. The molecule has 0 saturated carbocycles. The first-order valence-corrected chi connectivity index (χ1v) is 6.54. The second-order valence-corrected chi connectivity index (χ2v) is 4.46. The monoisotopic (exact) mass is 292 g/mol. The Bertz CT molecular complexity index is 549. The first kappa shape index (κ1) is 16.6. The molecule has 1 aromatic carbocycles. The molecule has 0 aliphatic rings. The predicted molar refractivity (Wildman–Crippen MR) is 79.2 cm³/mol. The van der Waals surface area contributed by atoms with Crippen LogP contribution in [0.3, 0.4) is 0 Å². The molecule has 1 rings (SSSR count). The second kappa shape index (κ2) is 7.94. The van der Waals surface area contributed by atoms with Gasteiger partial charge in [-0.2, -0.15) is 0 Å². The highest BCUT2D eigenvalue weighted by Gasteiger charge is 2.11. The third kappa shape index (κ3) is 5.18. The van der Waals surface area contributed by atoms with Crippen LogP contribution in [0.25, 0.3) is 0 Å². The Kier molecular flexibility index (Phi) is 6.26. The van der Waals surface area contributed by atoms with E-state index in [0.29, 0.717) is 23.7 Å². The van der Waals surface area contributed by atoms with E-state index in [1.165, 1.54) is 13.2 Å². The number of rotatable bonds is 5. The zero-order valence-corrected chi connectivity index (χ0v) is 12.6. The van der Waals surface area contributed by atoms with Crippen molar-refractivity contribution in [2.24, 2.45) is 0 Å². The van der Waals surface area contributed by atoms with Crippen LogP contribution >= 0.6 is 0 Å². The van der Waals surface area contributed by atoms with Gasteiger partial charge in [0.15, 0.2) is 11.5 Å². The van der Waals surface area contributed by atoms with E-state index in [4.69, 9.17) is 9.47 Å². The Balaban J connectivity index is 2.74. The lowest BCUT2D eigenvalue weighted by Gasteiger charge is -2.11. The van der Waals surface area contributed by atoms with Crippen LogP contribution in [-0.4, -0.2) is 25.5 Å². The second-order valence-electron chi connectivity index (χ2n) is 4.46. The first-order chi connectivity index (χ1) is 9.97. The molecule has 21 heavy (non-hydrogen) atoms. The highest BCUT2D eigenvalue weighted by molar-refractivity contribution is 5.97. The van der Waals surface area contributed by atoms with Crippen molar-refractivity contribution in [2.45, 2.75) is 20.8 Å². The van der Waals surface area contributed by atoms with Gasteiger partial charge in [0.2, 0.25) is 0 Å². The van der Waals surface area contributed by atoms with Crippen LogP contribution in [0.5, 0.6) is 11.5 Å². The van der Waals surface area contributed by atoms with Crippen molar-refractivity contribution in [3.8, 4) is 11.5 Å². The fourth-order valence-electron chi connectivity index (χ4n) is 1.57. The minimum Gasteiger partial charge on any atom is -0.493 e. The Morgan fingerprint density at radius 2 is 1.90 bits per heavy atom. The predicted octanol–water partition coefficient (Wildman–Crippen LogP) is 1.82. The third-order valence-corrected chi connectivity index (χ3v) is 2.44. The lowest BCUT2D eigenvalue weighted by atomic mass is 10.2. The summed E-state index contributed by atoms with van der Waals surface area (Å²) < 4.78 is 10.5. The minimum absolute atomic E-state index is 0.354. The smallest absolute Gasteiger partial charge is 0.269 e. The first-order valence-electron chi connectivity index (χ1n) is 6.54. The lowest BCUT2D eigenvalue weighted by molar-refractivity contribution is -0.117. The molecule has 0 unspecified atom stereocenters. The molecule has 0 radical (unpaired) electrons. The van der Waals surface area contributed by atoms with Gasteiger partial charge in [0, 0.05) is 11.6 Å². The summed E-state index contributed by atoms with van der Waals surface area (Å²) in [5, 5.41) is 0. The van der Waals surface area contributed by atoms with Crippen molar-refractivity contribution < 1.29 is 19.1 Å². The molecule has 0 aromatic heterocycles. The normalized spacial score (nSPS) is 9.52. The van der Waals surface area contributed by atoms with Crippen LogP contribution in [0.15, 0.2) is 29.8 Å². The number of hydrogen-bond donors (Lipinski definition) is 2. The van der Waals surface area contributed by atoms with Crippen LogP contribution in [-0.2, 0) is 4.79 Å². The maximum Gasteiger partial charge on any atom is 0.269 e. The van der Waals surface area contributed by atoms with Gasteiger partial charge in [0.25, 0.3) is 11.8 Å². The van der Waals surface area contributed by atoms with Gasteiger partial charge in [-0.1, -0.05) is 5.57 Å². The third-order valence-electron chi connectivity index (χ3n) is 2.44. The van der Waals surface area contributed by atoms with Gasteiger partial charge in [-0.15, -0.1) is 0 Å². The van der Waals surface area contributed by atoms with E-state index in [0.717, 1.165) is 5.57 Å². The number of nitrogens with one attached hydrogen (secondary N) is 2. The number of amides is 2. The van der Waals surface area contributed by atoms with Crippen molar-refractivity contribution >= 4 is 11.8 Å². The summed E-state index contributed by atoms with van der Waals surface area (Å²) in [6.07, 6.45) is 1.39. The summed E-state index contributed by atoms with van der Waals surface area (Å²) in [6, 6.07) is 4.79. The number of hydrogen-bond acceptors (Lipinski definition) is 4. The maximum absolute atomic E-state index is 11.9. The Morgan fingerprint density at radius 3 is 2.48 bits per heavy atom. The van der Waals surface area contributed by atoms with Crippen molar-refractivity contribution in [2.75, 3.05) is 13.7 Å². The van der Waals surface area contributed by atoms with Gasteiger partial charge in [-0.25, -0.2) is 0 Å². The molecule has 0 fully saturated rings. The number of carbonyl (C=O) groups is 2. The quantitative estimate of drug-likeness (QED) is 0.641. The van der Waals surface area contributed by atoms with E-state index in [1.807, 2.05) is 6.92 Å². The SMILES string of the molecule is CCOc1ccc(C(=O)NNC(=O)C=C(C)C)cc1OC. The van der Waals surface area contributed by atoms with E-state index >= 15 is 0 Å². The summed E-state index contributed by atoms with van der Waals surface area (Å²) in [4.78, 5) is 23.3. The Morgan fingerprint density at radius 1 is 1.19 bits per heavy atom. The summed E-state index contributed by atoms with van der Waals surface area (Å²) in [6.45, 7) is 5.94. The minimum atomic E-state index is -0.438.